The topological polar surface area (TPSA) is 61.8 Å². The number of hydrogen-bond donors (Lipinski definition) is 0. The second-order valence-corrected chi connectivity index (χ2v) is 3.66. The van der Waals surface area contributed by atoms with Crippen molar-refractivity contribution in [3.63, 3.8) is 0 Å². The number of hydrogen-bond acceptors (Lipinski definition) is 5. The highest BCUT2D eigenvalue weighted by Gasteiger charge is 2.33. The predicted molar refractivity (Wildman–Crippen MR) is 57.2 cm³/mol. The minimum atomic E-state index is -0.950. The molecule has 1 aromatic rings. The molecule has 17 heavy (non-hydrogen) atoms. The number of cyclic esters (lactones) is 2. The van der Waals surface area contributed by atoms with E-state index < -0.39 is 18.2 Å². The van der Waals surface area contributed by atoms with E-state index in [1.54, 1.807) is 6.92 Å². The van der Waals surface area contributed by atoms with Crippen LogP contribution < -0.4 is 0 Å². The van der Waals surface area contributed by atoms with Crippen LogP contribution in [0.5, 0.6) is 0 Å². The van der Waals surface area contributed by atoms with Gasteiger partial charge in [0, 0.05) is 0 Å². The second-order valence-electron chi connectivity index (χ2n) is 3.66. The maximum atomic E-state index is 11.6. The Hall–Kier alpha value is -2.04. The third-order valence-corrected chi connectivity index (χ3v) is 2.42. The van der Waals surface area contributed by atoms with Crippen LogP contribution in [0.25, 0.3) is 0 Å². The third-order valence-electron chi connectivity index (χ3n) is 2.42. The smallest absolute Gasteiger partial charge is 0.455 e. The van der Waals surface area contributed by atoms with Gasteiger partial charge in [-0.3, -0.25) is 0 Å². The summed E-state index contributed by atoms with van der Waals surface area (Å²) in [6.45, 7) is 1.67. The molecule has 0 spiro atoms. The molecule has 0 amide bonds. The van der Waals surface area contributed by atoms with Gasteiger partial charge in [-0.25, -0.2) is 9.59 Å². The van der Waals surface area contributed by atoms with Gasteiger partial charge in [-0.15, -0.1) is 0 Å². The largest absolute Gasteiger partial charge is 0.509 e. The maximum Gasteiger partial charge on any atom is 0.509 e. The number of ether oxygens (including phenoxy) is 3. The van der Waals surface area contributed by atoms with Crippen LogP contribution in [-0.4, -0.2) is 24.8 Å². The Kier molecular flexibility index (Phi) is 3.27. The molecule has 0 bridgehead atoms. The molecule has 0 radical (unpaired) electrons. The lowest BCUT2D eigenvalue weighted by atomic mass is 10.1. The average molecular weight is 236 g/mol. The number of carbonyl (C=O) groups excluding carboxylic acids is 2. The van der Waals surface area contributed by atoms with Gasteiger partial charge in [-0.2, -0.15) is 0 Å². The van der Waals surface area contributed by atoms with E-state index in [4.69, 9.17) is 4.74 Å². The van der Waals surface area contributed by atoms with E-state index in [0.717, 1.165) is 5.56 Å². The SMILES string of the molecule is CC(OC(=O)C1COC(=O)O1)c1ccccc1. The Morgan fingerprint density at radius 3 is 2.71 bits per heavy atom. The van der Waals surface area contributed by atoms with Crippen LogP contribution in [0.15, 0.2) is 30.3 Å². The molecule has 0 aliphatic carbocycles. The average Bonchev–Trinajstić information content (AvgIpc) is 2.77. The lowest BCUT2D eigenvalue weighted by Gasteiger charge is -2.14. The van der Waals surface area contributed by atoms with Gasteiger partial charge in [-0.05, 0) is 12.5 Å². The van der Waals surface area contributed by atoms with Crippen molar-refractivity contribution < 1.29 is 23.8 Å². The summed E-state index contributed by atoms with van der Waals surface area (Å²) in [5, 5.41) is 0. The van der Waals surface area contributed by atoms with Crippen molar-refractivity contribution in [2.24, 2.45) is 0 Å². The summed E-state index contributed by atoms with van der Waals surface area (Å²) in [6, 6.07) is 9.31. The Morgan fingerprint density at radius 2 is 2.12 bits per heavy atom. The van der Waals surface area contributed by atoms with Gasteiger partial charge in [-0.1, -0.05) is 30.3 Å². The quantitative estimate of drug-likeness (QED) is 0.749. The van der Waals surface area contributed by atoms with Crippen molar-refractivity contribution in [2.75, 3.05) is 6.61 Å². The number of rotatable bonds is 3. The molecule has 90 valence electrons. The molecule has 1 saturated heterocycles. The fourth-order valence-corrected chi connectivity index (χ4v) is 1.49. The van der Waals surface area contributed by atoms with Gasteiger partial charge in [0.15, 0.2) is 0 Å². The van der Waals surface area contributed by atoms with Crippen LogP contribution in [0.1, 0.15) is 18.6 Å². The van der Waals surface area contributed by atoms with Crippen LogP contribution in [0.2, 0.25) is 0 Å². The lowest BCUT2D eigenvalue weighted by molar-refractivity contribution is -0.156. The summed E-state index contributed by atoms with van der Waals surface area (Å²) in [5.41, 5.74) is 0.881. The molecular weight excluding hydrogens is 224 g/mol. The molecule has 0 N–H and O–H groups in total. The molecular formula is C12H12O5. The maximum absolute atomic E-state index is 11.6. The molecule has 0 aromatic heterocycles. The highest BCUT2D eigenvalue weighted by molar-refractivity contribution is 5.79. The first-order chi connectivity index (χ1) is 8.16. The van der Waals surface area contributed by atoms with Crippen molar-refractivity contribution in [3.8, 4) is 0 Å². The van der Waals surface area contributed by atoms with Crippen LogP contribution in [-0.2, 0) is 19.0 Å². The zero-order chi connectivity index (χ0) is 12.3. The molecule has 0 saturated carbocycles. The molecule has 2 atom stereocenters. The Balaban J connectivity index is 1.93. The lowest BCUT2D eigenvalue weighted by Crippen LogP contribution is -2.26. The normalized spacial score (nSPS) is 20.3. The first-order valence-corrected chi connectivity index (χ1v) is 5.25. The standard InChI is InChI=1S/C12H12O5/c1-8(9-5-3-2-4-6-9)16-11(13)10-7-15-12(14)17-10/h2-6,8,10H,7H2,1H3. The van der Waals surface area contributed by atoms with E-state index in [1.807, 2.05) is 30.3 Å². The highest BCUT2D eigenvalue weighted by Crippen LogP contribution is 2.18. The highest BCUT2D eigenvalue weighted by atomic mass is 16.8. The van der Waals surface area contributed by atoms with Gasteiger partial charge in [0.2, 0.25) is 6.10 Å². The number of esters is 1. The van der Waals surface area contributed by atoms with Gasteiger partial charge >= 0.3 is 12.1 Å². The number of carbonyl (C=O) groups is 2. The van der Waals surface area contributed by atoms with Crippen molar-refractivity contribution in [1.82, 2.24) is 0 Å². The van der Waals surface area contributed by atoms with E-state index in [2.05, 4.69) is 9.47 Å². The zero-order valence-electron chi connectivity index (χ0n) is 9.29. The molecule has 5 nitrogen and oxygen atoms in total. The summed E-state index contributed by atoms with van der Waals surface area (Å²) >= 11 is 0. The first-order valence-electron chi connectivity index (χ1n) is 5.25. The minimum Gasteiger partial charge on any atom is -0.455 e. The third kappa shape index (κ3) is 2.75. The molecule has 1 fully saturated rings. The van der Waals surface area contributed by atoms with E-state index in [9.17, 15) is 9.59 Å². The summed E-state index contributed by atoms with van der Waals surface area (Å²) in [4.78, 5) is 22.3. The number of benzene rings is 1. The van der Waals surface area contributed by atoms with E-state index in [1.165, 1.54) is 0 Å². The van der Waals surface area contributed by atoms with E-state index in [0.29, 0.717) is 0 Å². The fraction of sp³-hybridized carbons (Fsp3) is 0.333. The van der Waals surface area contributed by atoms with Crippen LogP contribution in [0.3, 0.4) is 0 Å². The van der Waals surface area contributed by atoms with Gasteiger partial charge in [0.05, 0.1) is 0 Å². The van der Waals surface area contributed by atoms with Crippen molar-refractivity contribution >= 4 is 12.1 Å². The van der Waals surface area contributed by atoms with Crippen molar-refractivity contribution in [3.05, 3.63) is 35.9 Å². The van der Waals surface area contributed by atoms with E-state index >= 15 is 0 Å². The molecule has 1 aliphatic heterocycles. The van der Waals surface area contributed by atoms with Crippen molar-refractivity contribution in [1.29, 1.82) is 0 Å². The van der Waals surface area contributed by atoms with Crippen molar-refractivity contribution in [2.45, 2.75) is 19.1 Å². The molecule has 2 rings (SSSR count). The summed E-state index contributed by atoms with van der Waals surface area (Å²) in [6.07, 6.45) is -2.17. The van der Waals surface area contributed by atoms with Gasteiger partial charge in [0.1, 0.15) is 12.7 Å². The monoisotopic (exact) mass is 236 g/mol. The van der Waals surface area contributed by atoms with E-state index in [-0.39, 0.29) is 12.7 Å². The fourth-order valence-electron chi connectivity index (χ4n) is 1.49. The predicted octanol–water partition coefficient (Wildman–Crippen LogP) is 1.83. The molecule has 2 unspecified atom stereocenters. The Bertz CT molecular complexity index is 414. The molecule has 1 aromatic carbocycles. The minimum absolute atomic E-state index is 0.0842. The van der Waals surface area contributed by atoms with Crippen LogP contribution >= 0.6 is 0 Å². The molecule has 1 heterocycles. The second kappa shape index (κ2) is 4.86. The summed E-state index contributed by atoms with van der Waals surface area (Å²) < 4.78 is 14.3. The molecule has 1 aliphatic rings. The van der Waals surface area contributed by atoms with Crippen LogP contribution in [0, 0.1) is 0 Å². The Morgan fingerprint density at radius 1 is 1.41 bits per heavy atom. The van der Waals surface area contributed by atoms with Gasteiger partial charge < -0.3 is 14.2 Å². The molecule has 5 heteroatoms. The van der Waals surface area contributed by atoms with Gasteiger partial charge in [0.25, 0.3) is 0 Å². The summed E-state index contributed by atoms with van der Waals surface area (Å²) in [5.74, 6) is -0.591. The van der Waals surface area contributed by atoms with Crippen LogP contribution in [0.4, 0.5) is 4.79 Å². The first kappa shape index (κ1) is 11.4. The Labute approximate surface area is 98.3 Å². The zero-order valence-corrected chi connectivity index (χ0v) is 9.29. The summed E-state index contributed by atoms with van der Waals surface area (Å²) in [7, 11) is 0.